The highest BCUT2D eigenvalue weighted by atomic mass is 32.2. The molecular formula is C48H29BF24OS2. The Bertz CT molecular complexity index is 2580. The fraction of sp³-hybridized carbons (Fsp3) is 0.229. The fourth-order valence-electron chi connectivity index (χ4n) is 7.75. The first-order valence-corrected chi connectivity index (χ1v) is 23.7. The largest absolute Gasteiger partial charge is 0.416 e. The van der Waals surface area contributed by atoms with Crippen LogP contribution in [0.3, 0.4) is 0 Å². The van der Waals surface area contributed by atoms with Gasteiger partial charge in [-0.05, 0) is 59.4 Å². The molecule has 0 heterocycles. The molecule has 0 saturated carbocycles. The van der Waals surface area contributed by atoms with Crippen LogP contribution in [0.4, 0.5) is 105 Å². The number of benzene rings is 6. The number of hydrogen-bond acceptors (Lipinski definition) is 2. The minimum Gasteiger partial charge on any atom is -0.289 e. The summed E-state index contributed by atoms with van der Waals surface area (Å²) in [6.45, 7) is 0. The molecule has 0 radical (unpaired) electrons. The van der Waals surface area contributed by atoms with Crippen molar-refractivity contribution in [3.63, 3.8) is 0 Å². The van der Waals surface area contributed by atoms with Gasteiger partial charge in [-0.15, -0.1) is 0 Å². The number of halogens is 24. The minimum atomic E-state index is -6.13. The van der Waals surface area contributed by atoms with E-state index in [-0.39, 0.29) is 16.7 Å². The third kappa shape index (κ3) is 14.8. The second kappa shape index (κ2) is 21.5. The highest BCUT2D eigenvalue weighted by Crippen LogP contribution is 2.41. The summed E-state index contributed by atoms with van der Waals surface area (Å²) in [6, 6.07) is 9.35. The summed E-state index contributed by atoms with van der Waals surface area (Å²) in [5, 5.41) is 0. The lowest BCUT2D eigenvalue weighted by molar-refractivity contribution is -0.144. The Morgan fingerprint density at radius 1 is 0.355 bits per heavy atom. The second-order valence-electron chi connectivity index (χ2n) is 16.7. The molecule has 0 aliphatic rings. The maximum absolute atomic E-state index is 14.2. The number of carbonyl (C=O) groups excluding carboxylic acids is 1. The number of alkyl halides is 24. The van der Waals surface area contributed by atoms with Crippen LogP contribution in [0.15, 0.2) is 137 Å². The van der Waals surface area contributed by atoms with E-state index in [0.29, 0.717) is 5.75 Å². The van der Waals surface area contributed by atoms with Crippen LogP contribution in [0, 0.1) is 0 Å². The van der Waals surface area contributed by atoms with Gasteiger partial charge in [-0.2, -0.15) is 127 Å². The average Bonchev–Trinajstić information content (AvgIpc) is 3.27. The summed E-state index contributed by atoms with van der Waals surface area (Å²) in [5.74, 6) is 0.884. The van der Waals surface area contributed by atoms with Gasteiger partial charge in [0, 0.05) is 15.4 Å². The van der Waals surface area contributed by atoms with Crippen molar-refractivity contribution in [3.8, 4) is 0 Å². The first-order valence-electron chi connectivity index (χ1n) is 20.7. The molecule has 0 amide bonds. The maximum Gasteiger partial charge on any atom is 0.416 e. The third-order valence-electron chi connectivity index (χ3n) is 11.0. The summed E-state index contributed by atoms with van der Waals surface area (Å²) < 4.78 is 341. The van der Waals surface area contributed by atoms with Crippen molar-refractivity contribution in [3.05, 3.63) is 177 Å². The van der Waals surface area contributed by atoms with Gasteiger partial charge < -0.3 is 0 Å². The van der Waals surface area contributed by atoms with E-state index in [1.807, 2.05) is 42.5 Å². The normalized spacial score (nSPS) is 13.4. The summed E-state index contributed by atoms with van der Waals surface area (Å²) in [5.41, 5.74) is -29.4. The van der Waals surface area contributed by atoms with Crippen molar-refractivity contribution in [1.82, 2.24) is 0 Å². The Morgan fingerprint density at radius 3 is 0.789 bits per heavy atom. The SMILES string of the molecule is C[S+](C)CC(=O)c1ccc(Sc2ccccc2)cc1.FC(F)(F)c1cc([B-](c2cc(C(F)(F)F)cc(C(F)(F)F)c2)(c2cc(C(F)(F)F)cc(C(F)(F)F)c2)c2cc(C(F)(F)F)cc(C(F)(F)F)c2)cc(C(F)(F)F)c1. The van der Waals surface area contributed by atoms with Crippen LogP contribution in [0.1, 0.15) is 54.9 Å². The topological polar surface area (TPSA) is 17.1 Å². The number of ketones is 1. The molecule has 1 nitrogen and oxygen atoms in total. The van der Waals surface area contributed by atoms with E-state index in [4.69, 9.17) is 0 Å². The van der Waals surface area contributed by atoms with Crippen molar-refractivity contribution >= 4 is 56.4 Å². The summed E-state index contributed by atoms with van der Waals surface area (Å²) in [4.78, 5) is 14.3. The van der Waals surface area contributed by atoms with Crippen molar-refractivity contribution in [1.29, 1.82) is 0 Å². The number of rotatable bonds is 9. The van der Waals surface area contributed by atoms with Gasteiger partial charge in [-0.3, -0.25) is 4.79 Å². The number of Topliss-reactive ketones (excluding diaryl/α,β-unsaturated/α-hetero) is 1. The van der Waals surface area contributed by atoms with Crippen LogP contribution in [0.25, 0.3) is 0 Å². The Kier molecular flexibility index (Phi) is 17.2. The Hall–Kier alpha value is -5.93. The van der Waals surface area contributed by atoms with Gasteiger partial charge >= 0.3 is 49.4 Å². The van der Waals surface area contributed by atoms with Crippen molar-refractivity contribution in [2.75, 3.05) is 18.3 Å². The van der Waals surface area contributed by atoms with Gasteiger partial charge in [0.05, 0.1) is 57.0 Å². The van der Waals surface area contributed by atoms with Crippen molar-refractivity contribution < 1.29 is 110 Å². The van der Waals surface area contributed by atoms with E-state index in [2.05, 4.69) is 24.6 Å². The quantitative estimate of drug-likeness (QED) is 0.0621. The minimum absolute atomic E-state index is 0.162. The van der Waals surface area contributed by atoms with Gasteiger partial charge in [0.1, 0.15) is 6.15 Å². The van der Waals surface area contributed by atoms with Crippen LogP contribution in [0.2, 0.25) is 0 Å². The zero-order valence-electron chi connectivity index (χ0n) is 37.7. The predicted octanol–water partition coefficient (Wildman–Crippen LogP) is 15.1. The van der Waals surface area contributed by atoms with E-state index in [1.54, 1.807) is 11.8 Å². The second-order valence-corrected chi connectivity index (χ2v) is 20.1. The maximum atomic E-state index is 14.2. The molecular weight excluding hydrogens is 1120 g/mol. The molecule has 76 heavy (non-hydrogen) atoms. The monoisotopic (exact) mass is 1150 g/mol. The Labute approximate surface area is 420 Å². The lowest BCUT2D eigenvalue weighted by atomic mass is 9.12. The zero-order chi connectivity index (χ0) is 57.6. The van der Waals surface area contributed by atoms with E-state index in [9.17, 15) is 110 Å². The molecule has 0 saturated heterocycles. The summed E-state index contributed by atoms with van der Waals surface area (Å²) in [6.07, 6.45) is -50.6. The molecule has 0 atom stereocenters. The van der Waals surface area contributed by atoms with E-state index in [0.717, 1.165) is 10.5 Å². The summed E-state index contributed by atoms with van der Waals surface area (Å²) in [7, 11) is 0.162. The average molecular weight is 1150 g/mol. The molecule has 0 unspecified atom stereocenters. The molecule has 410 valence electrons. The predicted molar refractivity (Wildman–Crippen MR) is 235 cm³/mol. The van der Waals surface area contributed by atoms with Gasteiger partial charge in [0.15, 0.2) is 5.75 Å². The van der Waals surface area contributed by atoms with E-state index < -0.39 is 195 Å². The molecule has 0 fully saturated rings. The molecule has 0 aliphatic heterocycles. The molecule has 6 rings (SSSR count). The Morgan fingerprint density at radius 2 is 0.579 bits per heavy atom. The van der Waals surface area contributed by atoms with Crippen LogP contribution in [0.5, 0.6) is 0 Å². The number of carbonyl (C=O) groups is 1. The number of hydrogen-bond donors (Lipinski definition) is 0. The molecule has 28 heteroatoms. The smallest absolute Gasteiger partial charge is 0.289 e. The Balaban J connectivity index is 0.000000468. The highest BCUT2D eigenvalue weighted by molar-refractivity contribution is 7.99. The van der Waals surface area contributed by atoms with Crippen molar-refractivity contribution in [2.45, 2.75) is 59.2 Å². The molecule has 6 aromatic rings. The molecule has 6 aromatic carbocycles. The highest BCUT2D eigenvalue weighted by Gasteiger charge is 2.47. The van der Waals surface area contributed by atoms with Gasteiger partial charge in [-0.25, -0.2) is 0 Å². The van der Waals surface area contributed by atoms with E-state index in [1.165, 1.54) is 4.90 Å². The lowest BCUT2D eigenvalue weighted by Crippen LogP contribution is -2.75. The van der Waals surface area contributed by atoms with Crippen molar-refractivity contribution in [2.24, 2.45) is 0 Å². The van der Waals surface area contributed by atoms with Crippen LogP contribution >= 0.6 is 11.8 Å². The fourth-order valence-corrected chi connectivity index (χ4v) is 9.28. The first-order chi connectivity index (χ1) is 34.4. The van der Waals surface area contributed by atoms with Crippen LogP contribution < -0.4 is 21.9 Å². The van der Waals surface area contributed by atoms with Gasteiger partial charge in [-0.1, -0.05) is 90.6 Å². The van der Waals surface area contributed by atoms with E-state index >= 15 is 0 Å². The van der Waals surface area contributed by atoms with Gasteiger partial charge in [0.2, 0.25) is 5.78 Å². The molecule has 0 bridgehead atoms. The van der Waals surface area contributed by atoms with Crippen LogP contribution in [-0.2, 0) is 60.3 Å². The lowest BCUT2D eigenvalue weighted by Gasteiger charge is -2.46. The zero-order valence-corrected chi connectivity index (χ0v) is 39.3. The third-order valence-corrected chi connectivity index (χ3v) is 12.9. The van der Waals surface area contributed by atoms with Gasteiger partial charge in [0.25, 0.3) is 0 Å². The molecule has 0 aromatic heterocycles. The van der Waals surface area contributed by atoms with Crippen LogP contribution in [-0.4, -0.2) is 30.2 Å². The summed E-state index contributed by atoms with van der Waals surface area (Å²) >= 11 is 1.71. The molecule has 0 aliphatic carbocycles. The standard InChI is InChI=1S/C32H12BF24.C16H17OS2/c34-25(35,36)13-1-14(26(37,38)39)6-21(5-13)33(22-7-15(27(40,41)42)2-16(8-22)28(43,44)45,23-9-17(29(46,47)48)3-18(10-23)30(49,50)51)24-11-19(31(52,53)54)4-20(12-24)32(55,56)57;1-19(2)12-16(17)13-8-10-15(11-9-13)18-14-6-4-3-5-7-14/h1-12H;3-11H,12H2,1-2H3/q-1;+1. The first kappa shape index (κ1) is 60.9. The molecule has 0 spiro atoms. The molecule has 0 N–H and O–H groups in total.